The lowest BCUT2D eigenvalue weighted by Gasteiger charge is -2.09. The van der Waals surface area contributed by atoms with E-state index in [9.17, 15) is 0 Å². The van der Waals surface area contributed by atoms with Crippen LogP contribution in [-0.2, 0) is 6.54 Å². The molecule has 0 saturated carbocycles. The van der Waals surface area contributed by atoms with Crippen LogP contribution >= 0.6 is 15.9 Å². The van der Waals surface area contributed by atoms with Gasteiger partial charge in [-0.1, -0.05) is 6.07 Å². The van der Waals surface area contributed by atoms with Gasteiger partial charge in [-0.25, -0.2) is 4.98 Å². The minimum atomic E-state index is 0.893. The Morgan fingerprint density at radius 1 is 1.43 bits per heavy atom. The normalized spacial score (nSPS) is 11.4. The second-order valence-corrected chi connectivity index (χ2v) is 4.34. The van der Waals surface area contributed by atoms with Crippen molar-refractivity contribution in [2.24, 2.45) is 0 Å². The maximum Gasteiger partial charge on any atom is 0.137 e. The molecule has 3 nitrogen and oxygen atoms in total. The maximum atomic E-state index is 4.34. The molecule has 0 saturated heterocycles. The summed E-state index contributed by atoms with van der Waals surface area (Å²) in [6, 6.07) is 6.02. The highest BCUT2D eigenvalue weighted by Crippen LogP contribution is 2.16. The smallest absolute Gasteiger partial charge is 0.137 e. The molecule has 0 fully saturated rings. The van der Waals surface area contributed by atoms with Gasteiger partial charge in [0.1, 0.15) is 5.65 Å². The monoisotopic (exact) mass is 253 g/mol. The molecule has 0 aliphatic heterocycles. The molecule has 0 unspecified atom stereocenters. The van der Waals surface area contributed by atoms with Gasteiger partial charge in [-0.2, -0.15) is 0 Å². The van der Waals surface area contributed by atoms with Crippen LogP contribution in [0.15, 0.2) is 29.0 Å². The minimum absolute atomic E-state index is 0.893. The number of fused-ring (bicyclic) bond motifs is 1. The van der Waals surface area contributed by atoms with Gasteiger partial charge in [0.2, 0.25) is 0 Å². The third-order valence-electron chi connectivity index (χ3n) is 2.03. The molecule has 0 bridgehead atoms. The van der Waals surface area contributed by atoms with E-state index >= 15 is 0 Å². The summed E-state index contributed by atoms with van der Waals surface area (Å²) in [6.45, 7) is 0.893. The molecule has 2 aromatic rings. The van der Waals surface area contributed by atoms with Crippen molar-refractivity contribution in [2.75, 3.05) is 14.1 Å². The molecule has 2 aromatic heterocycles. The van der Waals surface area contributed by atoms with E-state index in [1.807, 2.05) is 24.4 Å². The number of halogens is 1. The molecule has 2 rings (SSSR count). The first kappa shape index (κ1) is 9.68. The Balaban J connectivity index is 2.55. The molecule has 74 valence electrons. The third kappa shape index (κ3) is 1.67. The summed E-state index contributed by atoms with van der Waals surface area (Å²) in [5.74, 6) is 0. The van der Waals surface area contributed by atoms with Crippen molar-refractivity contribution in [1.82, 2.24) is 14.3 Å². The third-order valence-corrected chi connectivity index (χ3v) is 2.65. The molecule has 4 heteroatoms. The van der Waals surface area contributed by atoms with Gasteiger partial charge in [0.15, 0.2) is 0 Å². The average Bonchev–Trinajstić information content (AvgIpc) is 2.49. The molecular weight excluding hydrogens is 242 g/mol. The first-order chi connectivity index (χ1) is 6.68. The Hall–Kier alpha value is -0.870. The highest BCUT2D eigenvalue weighted by atomic mass is 79.9. The lowest BCUT2D eigenvalue weighted by atomic mass is 10.4. The molecule has 0 aliphatic carbocycles. The zero-order chi connectivity index (χ0) is 10.1. The molecule has 0 aliphatic rings. The Labute approximate surface area is 91.5 Å². The van der Waals surface area contributed by atoms with Crippen molar-refractivity contribution in [3.63, 3.8) is 0 Å². The second-order valence-electron chi connectivity index (χ2n) is 3.53. The average molecular weight is 254 g/mol. The fourth-order valence-corrected chi connectivity index (χ4v) is 2.05. The summed E-state index contributed by atoms with van der Waals surface area (Å²) < 4.78 is 3.16. The van der Waals surface area contributed by atoms with Gasteiger partial charge in [0.25, 0.3) is 0 Å². The molecule has 0 amide bonds. The van der Waals surface area contributed by atoms with Crippen LogP contribution in [0.2, 0.25) is 0 Å². The highest BCUT2D eigenvalue weighted by molar-refractivity contribution is 9.10. The molecule has 0 atom stereocenters. The van der Waals surface area contributed by atoms with Crippen LogP contribution in [0.3, 0.4) is 0 Å². The summed E-state index contributed by atoms with van der Waals surface area (Å²) in [7, 11) is 4.10. The van der Waals surface area contributed by atoms with Crippen LogP contribution in [0.4, 0.5) is 0 Å². The van der Waals surface area contributed by atoms with Crippen molar-refractivity contribution < 1.29 is 0 Å². The number of imidazole rings is 1. The molecule has 0 spiro atoms. The number of hydrogen-bond acceptors (Lipinski definition) is 2. The standard InChI is InChI=1S/C10H12BrN3/c1-13(2)7-8-6-12-10-5-3-4-9(11)14(8)10/h3-6H,7H2,1-2H3. The van der Waals surface area contributed by atoms with Crippen LogP contribution in [-0.4, -0.2) is 28.4 Å². The Morgan fingerprint density at radius 2 is 2.21 bits per heavy atom. The Kier molecular flexibility index (Phi) is 2.56. The predicted molar refractivity (Wildman–Crippen MR) is 60.3 cm³/mol. The number of rotatable bonds is 2. The number of aromatic nitrogens is 2. The fraction of sp³-hybridized carbons (Fsp3) is 0.300. The van der Waals surface area contributed by atoms with Crippen molar-refractivity contribution in [3.8, 4) is 0 Å². The van der Waals surface area contributed by atoms with E-state index < -0.39 is 0 Å². The van der Waals surface area contributed by atoms with Gasteiger partial charge in [-0.05, 0) is 42.2 Å². The van der Waals surface area contributed by atoms with Crippen molar-refractivity contribution in [2.45, 2.75) is 6.54 Å². The van der Waals surface area contributed by atoms with Crippen molar-refractivity contribution >= 4 is 21.6 Å². The maximum absolute atomic E-state index is 4.34. The van der Waals surface area contributed by atoms with Crippen LogP contribution in [0.25, 0.3) is 5.65 Å². The largest absolute Gasteiger partial charge is 0.304 e. The van der Waals surface area contributed by atoms with Crippen molar-refractivity contribution in [3.05, 3.63) is 34.7 Å². The van der Waals surface area contributed by atoms with Gasteiger partial charge in [-0.3, -0.25) is 4.40 Å². The summed E-state index contributed by atoms with van der Waals surface area (Å²) in [4.78, 5) is 6.47. The van der Waals surface area contributed by atoms with E-state index in [1.54, 1.807) is 0 Å². The fourth-order valence-electron chi connectivity index (χ4n) is 1.49. The van der Waals surface area contributed by atoms with E-state index in [0.29, 0.717) is 0 Å². The van der Waals surface area contributed by atoms with E-state index in [2.05, 4.69) is 44.3 Å². The molecule has 0 aromatic carbocycles. The van der Waals surface area contributed by atoms with Crippen LogP contribution in [0.1, 0.15) is 5.69 Å². The number of nitrogens with zero attached hydrogens (tertiary/aromatic N) is 3. The zero-order valence-electron chi connectivity index (χ0n) is 8.24. The summed E-state index contributed by atoms with van der Waals surface area (Å²) in [5, 5.41) is 0. The van der Waals surface area contributed by atoms with E-state index in [0.717, 1.165) is 16.8 Å². The van der Waals surface area contributed by atoms with Gasteiger partial charge in [0.05, 0.1) is 16.5 Å². The summed E-state index contributed by atoms with van der Waals surface area (Å²) >= 11 is 3.52. The molecular formula is C10H12BrN3. The van der Waals surface area contributed by atoms with Crippen molar-refractivity contribution in [1.29, 1.82) is 0 Å². The predicted octanol–water partition coefficient (Wildman–Crippen LogP) is 2.16. The summed E-state index contributed by atoms with van der Waals surface area (Å²) in [5.41, 5.74) is 2.17. The first-order valence-electron chi connectivity index (χ1n) is 4.44. The lowest BCUT2D eigenvalue weighted by molar-refractivity contribution is 0.395. The van der Waals surface area contributed by atoms with Gasteiger partial charge >= 0.3 is 0 Å². The van der Waals surface area contributed by atoms with Gasteiger partial charge in [-0.15, -0.1) is 0 Å². The van der Waals surface area contributed by atoms with Gasteiger partial charge < -0.3 is 4.90 Å². The SMILES string of the molecule is CN(C)Cc1cnc2cccc(Br)n12. The lowest BCUT2D eigenvalue weighted by Crippen LogP contribution is -2.12. The zero-order valence-corrected chi connectivity index (χ0v) is 9.82. The molecule has 0 N–H and O–H groups in total. The molecule has 14 heavy (non-hydrogen) atoms. The minimum Gasteiger partial charge on any atom is -0.304 e. The number of hydrogen-bond donors (Lipinski definition) is 0. The van der Waals surface area contributed by atoms with Crippen LogP contribution in [0.5, 0.6) is 0 Å². The van der Waals surface area contributed by atoms with Crippen LogP contribution in [0, 0.1) is 0 Å². The van der Waals surface area contributed by atoms with Gasteiger partial charge in [0, 0.05) is 6.54 Å². The Bertz CT molecular complexity index is 448. The molecule has 2 heterocycles. The van der Waals surface area contributed by atoms with E-state index in [-0.39, 0.29) is 0 Å². The topological polar surface area (TPSA) is 20.5 Å². The Morgan fingerprint density at radius 3 is 2.93 bits per heavy atom. The van der Waals surface area contributed by atoms with Crippen LogP contribution < -0.4 is 0 Å². The number of pyridine rings is 1. The first-order valence-corrected chi connectivity index (χ1v) is 5.23. The molecule has 0 radical (unpaired) electrons. The summed E-state index contributed by atoms with van der Waals surface area (Å²) in [6.07, 6.45) is 1.92. The second kappa shape index (κ2) is 3.71. The van der Waals surface area contributed by atoms with E-state index in [1.165, 1.54) is 5.69 Å². The highest BCUT2D eigenvalue weighted by Gasteiger charge is 2.05. The van der Waals surface area contributed by atoms with E-state index in [4.69, 9.17) is 0 Å². The quantitative estimate of drug-likeness (QED) is 0.765.